The second-order valence-electron chi connectivity index (χ2n) is 12.3. The lowest BCUT2D eigenvalue weighted by Gasteiger charge is -2.21. The summed E-state index contributed by atoms with van der Waals surface area (Å²) in [5.41, 5.74) is 6.39. The summed E-state index contributed by atoms with van der Waals surface area (Å²) in [6.07, 6.45) is 12.0. The average molecular weight is 608 g/mol. The Balaban J connectivity index is 1.50. The smallest absolute Gasteiger partial charge is 0.254 e. The number of aryl methyl sites for hydroxylation is 2. The molecule has 4 rings (SSSR count). The van der Waals surface area contributed by atoms with Crippen molar-refractivity contribution in [3.8, 4) is 0 Å². The summed E-state index contributed by atoms with van der Waals surface area (Å²) in [5, 5.41) is 0. The summed E-state index contributed by atoms with van der Waals surface area (Å²) in [5.74, 6) is 0.0405. The van der Waals surface area contributed by atoms with Crippen molar-refractivity contribution < 1.29 is 9.59 Å². The lowest BCUT2D eigenvalue weighted by atomic mass is 10.00. The van der Waals surface area contributed by atoms with Crippen LogP contribution in [0.4, 0.5) is 0 Å². The van der Waals surface area contributed by atoms with E-state index in [-0.39, 0.29) is 11.7 Å². The second-order valence-corrected chi connectivity index (χ2v) is 12.3. The predicted molar refractivity (Wildman–Crippen MR) is 187 cm³/mol. The van der Waals surface area contributed by atoms with Crippen LogP contribution in [0.15, 0.2) is 79.0 Å². The Kier molecular flexibility index (Phi) is 13.4. The van der Waals surface area contributed by atoms with Crippen molar-refractivity contribution in [3.63, 3.8) is 0 Å². The van der Waals surface area contributed by atoms with E-state index in [1.165, 1.54) is 44.3 Å². The SMILES string of the molecule is CCCCc1cc2cc(C(=O)N(CC)Cc3ccccc3)ccn2c1C(=O)c1ccc(CCCN(CCCC)CCCC)cc1. The fourth-order valence-electron chi connectivity index (χ4n) is 6.06. The molecule has 0 radical (unpaired) electrons. The molecule has 0 aliphatic rings. The van der Waals surface area contributed by atoms with Crippen molar-refractivity contribution in [3.05, 3.63) is 113 Å². The van der Waals surface area contributed by atoms with Gasteiger partial charge in [-0.1, -0.05) is 94.6 Å². The van der Waals surface area contributed by atoms with Gasteiger partial charge in [-0.3, -0.25) is 9.59 Å². The van der Waals surface area contributed by atoms with Crippen LogP contribution in [0.25, 0.3) is 5.52 Å². The molecular formula is C40H53N3O2. The van der Waals surface area contributed by atoms with Gasteiger partial charge in [-0.25, -0.2) is 0 Å². The van der Waals surface area contributed by atoms with E-state index in [9.17, 15) is 9.59 Å². The largest absolute Gasteiger partial charge is 0.335 e. The number of hydrogen-bond donors (Lipinski definition) is 0. The molecule has 0 saturated heterocycles. The van der Waals surface area contributed by atoms with Crippen molar-refractivity contribution in [2.75, 3.05) is 26.2 Å². The Morgan fingerprint density at radius 3 is 1.98 bits per heavy atom. The maximum Gasteiger partial charge on any atom is 0.254 e. The zero-order valence-electron chi connectivity index (χ0n) is 28.1. The number of ketones is 1. The van der Waals surface area contributed by atoms with Crippen molar-refractivity contribution in [1.82, 2.24) is 14.2 Å². The number of carbonyl (C=O) groups is 2. The number of fused-ring (bicyclic) bond motifs is 1. The minimum Gasteiger partial charge on any atom is -0.335 e. The van der Waals surface area contributed by atoms with Gasteiger partial charge in [0.05, 0.1) is 5.69 Å². The lowest BCUT2D eigenvalue weighted by Crippen LogP contribution is -2.30. The molecule has 45 heavy (non-hydrogen) atoms. The summed E-state index contributed by atoms with van der Waals surface area (Å²) in [6, 6.07) is 24.2. The van der Waals surface area contributed by atoms with E-state index in [1.807, 2.05) is 77.0 Å². The molecular weight excluding hydrogens is 554 g/mol. The highest BCUT2D eigenvalue weighted by Gasteiger charge is 2.21. The van der Waals surface area contributed by atoms with Crippen LogP contribution in [0.1, 0.15) is 116 Å². The Hall–Kier alpha value is -3.70. The number of nitrogens with zero attached hydrogens (tertiary/aromatic N) is 3. The molecule has 4 aromatic rings. The van der Waals surface area contributed by atoms with Crippen molar-refractivity contribution in [1.29, 1.82) is 0 Å². The Morgan fingerprint density at radius 2 is 1.33 bits per heavy atom. The molecule has 0 aliphatic carbocycles. The van der Waals surface area contributed by atoms with Crippen molar-refractivity contribution in [2.45, 2.75) is 92.0 Å². The third kappa shape index (κ3) is 9.40. The number of rotatable bonds is 19. The summed E-state index contributed by atoms with van der Waals surface area (Å²) in [7, 11) is 0. The van der Waals surface area contributed by atoms with Gasteiger partial charge in [0.1, 0.15) is 0 Å². The van der Waals surface area contributed by atoms with Crippen molar-refractivity contribution in [2.24, 2.45) is 0 Å². The highest BCUT2D eigenvalue weighted by atomic mass is 16.2. The monoisotopic (exact) mass is 607 g/mol. The molecule has 0 bridgehead atoms. The molecule has 0 atom stereocenters. The molecule has 5 heteroatoms. The van der Waals surface area contributed by atoms with Gasteiger partial charge in [0, 0.05) is 35.9 Å². The van der Waals surface area contributed by atoms with E-state index >= 15 is 0 Å². The summed E-state index contributed by atoms with van der Waals surface area (Å²) >= 11 is 0. The highest BCUT2D eigenvalue weighted by molar-refractivity contribution is 6.10. The maximum atomic E-state index is 14.0. The summed E-state index contributed by atoms with van der Waals surface area (Å²) in [4.78, 5) is 32.0. The van der Waals surface area contributed by atoms with E-state index in [0.717, 1.165) is 55.3 Å². The molecule has 0 fully saturated rings. The Morgan fingerprint density at radius 1 is 0.667 bits per heavy atom. The summed E-state index contributed by atoms with van der Waals surface area (Å²) in [6.45, 7) is 13.4. The number of benzene rings is 2. The fraction of sp³-hybridized carbons (Fsp3) is 0.450. The van der Waals surface area contributed by atoms with Gasteiger partial charge in [0.25, 0.3) is 5.91 Å². The van der Waals surface area contributed by atoms with E-state index in [2.05, 4.69) is 43.9 Å². The van der Waals surface area contributed by atoms with Crippen LogP contribution >= 0.6 is 0 Å². The number of unbranched alkanes of at least 4 members (excludes halogenated alkanes) is 3. The van der Waals surface area contributed by atoms with Gasteiger partial charge in [0.2, 0.25) is 5.78 Å². The molecule has 0 aliphatic heterocycles. The van der Waals surface area contributed by atoms with Crippen LogP contribution in [-0.4, -0.2) is 52.1 Å². The molecule has 0 spiro atoms. The highest BCUT2D eigenvalue weighted by Crippen LogP contribution is 2.24. The molecule has 0 saturated carbocycles. The lowest BCUT2D eigenvalue weighted by molar-refractivity contribution is 0.0752. The van der Waals surface area contributed by atoms with Gasteiger partial charge in [-0.2, -0.15) is 0 Å². The number of carbonyl (C=O) groups excluding carboxylic acids is 2. The number of hydrogen-bond acceptors (Lipinski definition) is 3. The normalized spacial score (nSPS) is 11.4. The van der Waals surface area contributed by atoms with Gasteiger partial charge < -0.3 is 14.2 Å². The molecule has 2 heterocycles. The third-order valence-electron chi connectivity index (χ3n) is 8.81. The molecule has 5 nitrogen and oxygen atoms in total. The Bertz CT molecular complexity index is 1480. The minimum atomic E-state index is 0.00229. The van der Waals surface area contributed by atoms with Crippen LogP contribution in [0.5, 0.6) is 0 Å². The third-order valence-corrected chi connectivity index (χ3v) is 8.81. The molecule has 0 N–H and O–H groups in total. The average Bonchev–Trinajstić information content (AvgIpc) is 3.44. The first-order valence-corrected chi connectivity index (χ1v) is 17.3. The molecule has 2 aromatic heterocycles. The number of amides is 1. The van der Waals surface area contributed by atoms with Gasteiger partial charge in [0.15, 0.2) is 0 Å². The maximum absolute atomic E-state index is 14.0. The Labute approximate surface area is 271 Å². The molecule has 2 aromatic carbocycles. The minimum absolute atomic E-state index is 0.00229. The van der Waals surface area contributed by atoms with Crippen LogP contribution in [-0.2, 0) is 19.4 Å². The van der Waals surface area contributed by atoms with E-state index in [1.54, 1.807) is 0 Å². The zero-order chi connectivity index (χ0) is 32.0. The topological polar surface area (TPSA) is 45.0 Å². The van der Waals surface area contributed by atoms with Crippen molar-refractivity contribution >= 4 is 17.2 Å². The molecule has 0 unspecified atom stereocenters. The zero-order valence-corrected chi connectivity index (χ0v) is 28.1. The molecule has 1 amide bonds. The first kappa shape index (κ1) is 34.2. The first-order valence-electron chi connectivity index (χ1n) is 17.3. The second kappa shape index (κ2) is 17.7. The number of pyridine rings is 1. The standard InChI is InChI=1S/C40H53N3O2/c1-5-9-19-35-29-37-30-36(40(45)42(8-4)31-33-16-13-12-14-17-33)24-28-43(37)38(35)39(44)34-22-20-32(21-23-34)18-15-27-41(25-10-6-2)26-11-7-3/h12-14,16-17,20-24,28-30H,5-11,15,18-19,25-27,31H2,1-4H3. The van der Waals surface area contributed by atoms with Crippen LogP contribution in [0.3, 0.4) is 0 Å². The predicted octanol–water partition coefficient (Wildman–Crippen LogP) is 9.01. The van der Waals surface area contributed by atoms with E-state index in [4.69, 9.17) is 0 Å². The number of aromatic nitrogens is 1. The quantitative estimate of drug-likeness (QED) is 0.1000. The fourth-order valence-corrected chi connectivity index (χ4v) is 6.06. The van der Waals surface area contributed by atoms with Crippen LogP contribution in [0, 0.1) is 0 Å². The summed E-state index contributed by atoms with van der Waals surface area (Å²) < 4.78 is 1.98. The molecule has 240 valence electrons. The van der Waals surface area contributed by atoms with Gasteiger partial charge in [-0.15, -0.1) is 0 Å². The van der Waals surface area contributed by atoms with E-state index < -0.39 is 0 Å². The van der Waals surface area contributed by atoms with Gasteiger partial charge >= 0.3 is 0 Å². The van der Waals surface area contributed by atoms with E-state index in [0.29, 0.717) is 29.9 Å². The van der Waals surface area contributed by atoms with Gasteiger partial charge in [-0.05, 0) is 100.0 Å². The first-order chi connectivity index (χ1) is 22.0. The van der Waals surface area contributed by atoms with Crippen LogP contribution < -0.4 is 0 Å². The van der Waals surface area contributed by atoms with Crippen LogP contribution in [0.2, 0.25) is 0 Å².